The van der Waals surface area contributed by atoms with Crippen molar-refractivity contribution in [2.75, 3.05) is 44.4 Å². The summed E-state index contributed by atoms with van der Waals surface area (Å²) in [7, 11) is -1.50. The average Bonchev–Trinajstić information content (AvgIpc) is 2.74. The van der Waals surface area contributed by atoms with E-state index in [1.165, 1.54) is 21.7 Å². The van der Waals surface area contributed by atoms with Gasteiger partial charge in [0.25, 0.3) is 0 Å². The van der Waals surface area contributed by atoms with Gasteiger partial charge in [0, 0.05) is 51.2 Å². The van der Waals surface area contributed by atoms with Crippen LogP contribution in [0.2, 0.25) is 0 Å². The highest BCUT2D eigenvalue weighted by molar-refractivity contribution is 7.88. The minimum absolute atomic E-state index is 0.236. The third-order valence-corrected chi connectivity index (χ3v) is 7.20. The predicted octanol–water partition coefficient (Wildman–Crippen LogP) is 3.12. The minimum atomic E-state index is -3.18. The maximum atomic E-state index is 12.0. The predicted molar refractivity (Wildman–Crippen MR) is 124 cm³/mol. The van der Waals surface area contributed by atoms with E-state index >= 15 is 0 Å². The number of hydrogen-bond acceptors (Lipinski definition) is 6. The Balaban J connectivity index is 2.04. The van der Waals surface area contributed by atoms with Crippen LogP contribution in [-0.2, 0) is 27.8 Å². The molecule has 0 spiro atoms. The van der Waals surface area contributed by atoms with Gasteiger partial charge < -0.3 is 9.64 Å². The second-order valence-electron chi connectivity index (χ2n) is 8.39. The van der Waals surface area contributed by atoms with Gasteiger partial charge in [0.05, 0.1) is 18.6 Å². The van der Waals surface area contributed by atoms with Crippen LogP contribution in [0.5, 0.6) is 0 Å². The van der Waals surface area contributed by atoms with Gasteiger partial charge in [-0.15, -0.1) is 0 Å². The first-order valence-electron chi connectivity index (χ1n) is 10.9. The van der Waals surface area contributed by atoms with E-state index in [1.807, 2.05) is 0 Å². The number of benzene rings is 1. The van der Waals surface area contributed by atoms with Crippen LogP contribution in [-0.4, -0.2) is 62.2 Å². The standard InChI is InChI=1S/C23H34N4O3S/c1-6-18(3)22-24-21(16-30-4)20(15-19-9-7-8-17(2)14-19)23(25-22)26-10-12-27(13-11-26)31(5,28)29/h7-9,14,18H,6,10-13,15-16H2,1-5H3/t18-/m1/s1. The summed E-state index contributed by atoms with van der Waals surface area (Å²) in [6.45, 7) is 8.92. The molecule has 0 radical (unpaired) electrons. The van der Waals surface area contributed by atoms with E-state index in [-0.39, 0.29) is 5.92 Å². The number of piperazine rings is 1. The van der Waals surface area contributed by atoms with Crippen LogP contribution in [0.15, 0.2) is 24.3 Å². The van der Waals surface area contributed by atoms with Gasteiger partial charge in [0.2, 0.25) is 10.0 Å². The summed E-state index contributed by atoms with van der Waals surface area (Å²) in [5.41, 5.74) is 4.39. The number of sulfonamides is 1. The number of rotatable bonds is 8. The number of aromatic nitrogens is 2. The largest absolute Gasteiger partial charge is 0.378 e. The van der Waals surface area contributed by atoms with Crippen molar-refractivity contribution >= 4 is 15.8 Å². The molecule has 1 atom stereocenters. The Hall–Kier alpha value is -2.03. The van der Waals surface area contributed by atoms with Gasteiger partial charge in [-0.1, -0.05) is 43.7 Å². The van der Waals surface area contributed by atoms with Crippen molar-refractivity contribution in [3.05, 3.63) is 52.5 Å². The van der Waals surface area contributed by atoms with Crippen LogP contribution in [0.3, 0.4) is 0 Å². The molecule has 170 valence electrons. The van der Waals surface area contributed by atoms with Crippen LogP contribution < -0.4 is 4.90 Å². The molecule has 1 aliphatic heterocycles. The zero-order chi connectivity index (χ0) is 22.6. The molecule has 0 bridgehead atoms. The number of aryl methyl sites for hydroxylation is 1. The molecule has 0 amide bonds. The topological polar surface area (TPSA) is 75.6 Å². The summed E-state index contributed by atoms with van der Waals surface area (Å²) in [5.74, 6) is 1.97. The lowest BCUT2D eigenvalue weighted by Crippen LogP contribution is -2.49. The molecule has 0 aliphatic carbocycles. The van der Waals surface area contributed by atoms with Gasteiger partial charge in [0.1, 0.15) is 11.6 Å². The Morgan fingerprint density at radius 1 is 1.16 bits per heavy atom. The molecule has 7 nitrogen and oxygen atoms in total. The van der Waals surface area contributed by atoms with Crippen LogP contribution in [0.1, 0.15) is 54.4 Å². The molecular weight excluding hydrogens is 412 g/mol. The molecule has 1 aliphatic rings. The molecule has 2 heterocycles. The fraction of sp³-hybridized carbons (Fsp3) is 0.565. The molecule has 0 unspecified atom stereocenters. The second-order valence-corrected chi connectivity index (χ2v) is 10.4. The van der Waals surface area contributed by atoms with Gasteiger partial charge in [-0.3, -0.25) is 0 Å². The highest BCUT2D eigenvalue weighted by Gasteiger charge is 2.27. The molecule has 1 saturated heterocycles. The van der Waals surface area contributed by atoms with Crippen molar-refractivity contribution in [3.63, 3.8) is 0 Å². The second kappa shape index (κ2) is 10.1. The van der Waals surface area contributed by atoms with E-state index in [1.54, 1.807) is 7.11 Å². The first-order valence-corrected chi connectivity index (χ1v) is 12.7. The van der Waals surface area contributed by atoms with E-state index in [0.29, 0.717) is 39.2 Å². The molecule has 0 saturated carbocycles. The zero-order valence-corrected chi connectivity index (χ0v) is 20.1. The first kappa shape index (κ1) is 23.6. The Kier molecular flexibility index (Phi) is 7.67. The van der Waals surface area contributed by atoms with Gasteiger partial charge in [0.15, 0.2) is 0 Å². The quantitative estimate of drug-likeness (QED) is 0.620. The lowest BCUT2D eigenvalue weighted by Gasteiger charge is -2.35. The Labute approximate surface area is 186 Å². The van der Waals surface area contributed by atoms with Crippen molar-refractivity contribution in [1.29, 1.82) is 0 Å². The van der Waals surface area contributed by atoms with Crippen LogP contribution in [0.25, 0.3) is 0 Å². The average molecular weight is 447 g/mol. The molecule has 1 aromatic carbocycles. The highest BCUT2D eigenvalue weighted by Crippen LogP contribution is 2.29. The number of anilines is 1. The van der Waals surface area contributed by atoms with Crippen molar-refractivity contribution in [2.24, 2.45) is 0 Å². The van der Waals surface area contributed by atoms with Crippen LogP contribution in [0, 0.1) is 6.92 Å². The summed E-state index contributed by atoms with van der Waals surface area (Å²) < 4.78 is 31.0. The number of ether oxygens (including phenoxy) is 1. The smallest absolute Gasteiger partial charge is 0.211 e. The van der Waals surface area contributed by atoms with E-state index in [0.717, 1.165) is 29.3 Å². The van der Waals surface area contributed by atoms with Crippen molar-refractivity contribution < 1.29 is 13.2 Å². The van der Waals surface area contributed by atoms with Crippen molar-refractivity contribution in [2.45, 2.75) is 46.1 Å². The molecule has 1 fully saturated rings. The van der Waals surface area contributed by atoms with Gasteiger partial charge in [-0.25, -0.2) is 18.4 Å². The number of methoxy groups -OCH3 is 1. The summed E-state index contributed by atoms with van der Waals surface area (Å²) in [6, 6.07) is 8.47. The maximum Gasteiger partial charge on any atom is 0.211 e. The molecule has 1 aromatic heterocycles. The Bertz CT molecular complexity index is 1000. The molecule has 31 heavy (non-hydrogen) atoms. The monoisotopic (exact) mass is 446 g/mol. The summed E-state index contributed by atoms with van der Waals surface area (Å²) in [5, 5.41) is 0. The normalized spacial score (nSPS) is 16.5. The molecule has 0 N–H and O–H groups in total. The van der Waals surface area contributed by atoms with Gasteiger partial charge in [-0.2, -0.15) is 4.31 Å². The summed E-state index contributed by atoms with van der Waals surface area (Å²) in [6.07, 6.45) is 2.93. The SMILES string of the molecule is CC[C@@H](C)c1nc(COC)c(Cc2cccc(C)c2)c(N2CCN(S(C)(=O)=O)CC2)n1. The van der Waals surface area contributed by atoms with E-state index < -0.39 is 10.0 Å². The van der Waals surface area contributed by atoms with E-state index in [2.05, 4.69) is 49.9 Å². The third-order valence-electron chi connectivity index (χ3n) is 5.89. The molecular formula is C23H34N4O3S. The van der Waals surface area contributed by atoms with E-state index in [9.17, 15) is 8.42 Å². The fourth-order valence-electron chi connectivity index (χ4n) is 3.90. The van der Waals surface area contributed by atoms with Gasteiger partial charge >= 0.3 is 0 Å². The van der Waals surface area contributed by atoms with Gasteiger partial charge in [-0.05, 0) is 18.9 Å². The van der Waals surface area contributed by atoms with E-state index in [4.69, 9.17) is 14.7 Å². The first-order chi connectivity index (χ1) is 14.7. The summed E-state index contributed by atoms with van der Waals surface area (Å²) >= 11 is 0. The summed E-state index contributed by atoms with van der Waals surface area (Å²) in [4.78, 5) is 12.1. The number of nitrogens with zero attached hydrogens (tertiary/aromatic N) is 4. The molecule has 8 heteroatoms. The lowest BCUT2D eigenvalue weighted by molar-refractivity contribution is 0.180. The molecule has 3 rings (SSSR count). The van der Waals surface area contributed by atoms with Crippen LogP contribution in [0.4, 0.5) is 5.82 Å². The zero-order valence-electron chi connectivity index (χ0n) is 19.3. The Morgan fingerprint density at radius 2 is 1.87 bits per heavy atom. The molecule has 2 aromatic rings. The van der Waals surface area contributed by atoms with Crippen molar-refractivity contribution in [3.8, 4) is 0 Å². The fourth-order valence-corrected chi connectivity index (χ4v) is 4.72. The third kappa shape index (κ3) is 5.81. The highest BCUT2D eigenvalue weighted by atomic mass is 32.2. The lowest BCUT2D eigenvalue weighted by atomic mass is 10.0. The Morgan fingerprint density at radius 3 is 2.45 bits per heavy atom. The minimum Gasteiger partial charge on any atom is -0.378 e. The maximum absolute atomic E-state index is 12.0. The van der Waals surface area contributed by atoms with Crippen LogP contribution >= 0.6 is 0 Å². The van der Waals surface area contributed by atoms with Crippen molar-refractivity contribution in [1.82, 2.24) is 14.3 Å². The number of hydrogen-bond donors (Lipinski definition) is 0.